The van der Waals surface area contributed by atoms with E-state index in [2.05, 4.69) is 18.7 Å². The zero-order valence-electron chi connectivity index (χ0n) is 11.4. The molecule has 1 aliphatic carbocycles. The topological polar surface area (TPSA) is 23.5 Å². The molecule has 1 saturated carbocycles. The van der Waals surface area contributed by atoms with Crippen LogP contribution < -0.4 is 4.90 Å². The van der Waals surface area contributed by atoms with Gasteiger partial charge in [0.05, 0.1) is 16.8 Å². The van der Waals surface area contributed by atoms with Crippen molar-refractivity contribution in [3.63, 3.8) is 0 Å². The van der Waals surface area contributed by atoms with Crippen molar-refractivity contribution >= 4 is 17.3 Å². The highest BCUT2D eigenvalue weighted by atomic mass is 35.5. The average Bonchev–Trinajstić information content (AvgIpc) is 3.09. The average molecular weight is 268 g/mol. The summed E-state index contributed by atoms with van der Waals surface area (Å²) in [6.45, 7) is 7.24. The quantitative estimate of drug-likeness (QED) is 0.871. The summed E-state index contributed by atoms with van der Waals surface area (Å²) in [6.07, 6.45) is 2.21. The van der Waals surface area contributed by atoms with Gasteiger partial charge in [0.1, 0.15) is 0 Å². The number of rotatable bonds is 5. The molecule has 0 aromatic heterocycles. The van der Waals surface area contributed by atoms with Gasteiger partial charge in [-0.15, -0.1) is 0 Å². The molecule has 0 spiro atoms. The van der Waals surface area contributed by atoms with Gasteiger partial charge in [0, 0.05) is 12.6 Å². The van der Waals surface area contributed by atoms with E-state index in [4.69, 9.17) is 11.6 Å². The lowest BCUT2D eigenvalue weighted by molar-refractivity contribution is 0.199. The van der Waals surface area contributed by atoms with Crippen LogP contribution in [-0.4, -0.2) is 17.7 Å². The number of anilines is 1. The van der Waals surface area contributed by atoms with Crippen LogP contribution in [0.5, 0.6) is 0 Å². The van der Waals surface area contributed by atoms with Crippen molar-refractivity contribution in [2.24, 2.45) is 5.92 Å². The first-order valence-corrected chi connectivity index (χ1v) is 7.11. The second-order valence-corrected chi connectivity index (χ2v) is 5.98. The van der Waals surface area contributed by atoms with Crippen molar-refractivity contribution in [2.75, 3.05) is 11.4 Å². The summed E-state index contributed by atoms with van der Waals surface area (Å²) in [5.74, 6) is 0.833. The van der Waals surface area contributed by atoms with E-state index in [0.717, 1.165) is 28.7 Å². The fourth-order valence-corrected chi connectivity index (χ4v) is 2.48. The van der Waals surface area contributed by atoms with Crippen LogP contribution in [0.15, 0.2) is 18.2 Å². The number of aliphatic hydroxyl groups excluding tert-OH is 1. The largest absolute Gasteiger partial charge is 0.389 e. The lowest BCUT2D eigenvalue weighted by atomic mass is 10.1. The molecule has 0 unspecified atom stereocenters. The molecule has 0 aliphatic heterocycles. The van der Waals surface area contributed by atoms with Gasteiger partial charge in [0.25, 0.3) is 0 Å². The predicted molar refractivity (Wildman–Crippen MR) is 77.3 cm³/mol. The minimum absolute atomic E-state index is 0.445. The van der Waals surface area contributed by atoms with E-state index < -0.39 is 6.10 Å². The van der Waals surface area contributed by atoms with Crippen LogP contribution in [0.1, 0.15) is 45.3 Å². The van der Waals surface area contributed by atoms with Gasteiger partial charge in [-0.3, -0.25) is 0 Å². The highest BCUT2D eigenvalue weighted by Crippen LogP contribution is 2.35. The summed E-state index contributed by atoms with van der Waals surface area (Å²) in [5.41, 5.74) is 1.96. The summed E-state index contributed by atoms with van der Waals surface area (Å²) in [5, 5.41) is 10.3. The molecule has 18 heavy (non-hydrogen) atoms. The van der Waals surface area contributed by atoms with E-state index in [1.54, 1.807) is 6.92 Å². The molecule has 0 amide bonds. The molecule has 2 rings (SSSR count). The third-order valence-electron chi connectivity index (χ3n) is 3.54. The van der Waals surface area contributed by atoms with E-state index in [9.17, 15) is 5.11 Å². The molecule has 0 heterocycles. The zero-order valence-corrected chi connectivity index (χ0v) is 12.1. The summed E-state index contributed by atoms with van der Waals surface area (Å²) in [4.78, 5) is 2.37. The van der Waals surface area contributed by atoms with Gasteiger partial charge in [-0.1, -0.05) is 17.7 Å². The van der Waals surface area contributed by atoms with Crippen molar-refractivity contribution in [1.29, 1.82) is 0 Å². The second-order valence-electron chi connectivity index (χ2n) is 5.58. The van der Waals surface area contributed by atoms with Gasteiger partial charge < -0.3 is 10.0 Å². The SMILES string of the molecule is CC(C)N(CC1CC1)c1ccc([C@H](C)O)cc1Cl. The van der Waals surface area contributed by atoms with Gasteiger partial charge in [-0.25, -0.2) is 0 Å². The molecule has 0 saturated heterocycles. The van der Waals surface area contributed by atoms with Gasteiger partial charge in [-0.05, 0) is 57.2 Å². The number of hydrogen-bond donors (Lipinski definition) is 1. The lowest BCUT2D eigenvalue weighted by Gasteiger charge is -2.30. The van der Waals surface area contributed by atoms with Gasteiger partial charge >= 0.3 is 0 Å². The Morgan fingerprint density at radius 1 is 1.33 bits per heavy atom. The number of hydrogen-bond acceptors (Lipinski definition) is 2. The van der Waals surface area contributed by atoms with Gasteiger partial charge in [0.15, 0.2) is 0 Å². The van der Waals surface area contributed by atoms with Crippen LogP contribution in [-0.2, 0) is 0 Å². The van der Waals surface area contributed by atoms with Crippen LogP contribution in [0, 0.1) is 5.92 Å². The number of halogens is 1. The van der Waals surface area contributed by atoms with Crippen LogP contribution in [0.3, 0.4) is 0 Å². The maximum Gasteiger partial charge on any atom is 0.0762 e. The predicted octanol–water partition coefficient (Wildman–Crippen LogP) is 4.02. The minimum atomic E-state index is -0.465. The van der Waals surface area contributed by atoms with E-state index in [1.165, 1.54) is 12.8 Å². The fourth-order valence-electron chi connectivity index (χ4n) is 2.18. The standard InChI is InChI=1S/C15H22ClNO/c1-10(2)17(9-12-4-5-12)15-7-6-13(11(3)18)8-14(15)16/h6-8,10-12,18H,4-5,9H2,1-3H3/t11-/m0/s1. The molecule has 1 fully saturated rings. The van der Waals surface area contributed by atoms with Gasteiger partial charge in [0.2, 0.25) is 0 Å². The first kappa shape index (κ1) is 13.7. The smallest absolute Gasteiger partial charge is 0.0762 e. The normalized spacial score (nSPS) is 17.0. The van der Waals surface area contributed by atoms with Crippen molar-refractivity contribution in [3.05, 3.63) is 28.8 Å². The van der Waals surface area contributed by atoms with Crippen LogP contribution in [0.25, 0.3) is 0 Å². The van der Waals surface area contributed by atoms with Crippen molar-refractivity contribution in [2.45, 2.75) is 45.8 Å². The highest BCUT2D eigenvalue weighted by molar-refractivity contribution is 6.33. The molecular formula is C15H22ClNO. The third-order valence-corrected chi connectivity index (χ3v) is 3.84. The van der Waals surface area contributed by atoms with Crippen molar-refractivity contribution < 1.29 is 5.11 Å². The second kappa shape index (κ2) is 5.50. The Hall–Kier alpha value is -0.730. The lowest BCUT2D eigenvalue weighted by Crippen LogP contribution is -2.33. The molecule has 1 aromatic rings. The maximum absolute atomic E-state index is 9.57. The first-order chi connectivity index (χ1) is 8.49. The Bertz CT molecular complexity index is 413. The van der Waals surface area contributed by atoms with Crippen LogP contribution >= 0.6 is 11.6 Å². The molecule has 1 N–H and O–H groups in total. The molecule has 0 bridgehead atoms. The Balaban J connectivity index is 2.23. The monoisotopic (exact) mass is 267 g/mol. The summed E-state index contributed by atoms with van der Waals surface area (Å²) >= 11 is 6.36. The Morgan fingerprint density at radius 3 is 2.44 bits per heavy atom. The first-order valence-electron chi connectivity index (χ1n) is 6.73. The van der Waals surface area contributed by atoms with Crippen LogP contribution in [0.2, 0.25) is 5.02 Å². The molecule has 100 valence electrons. The van der Waals surface area contributed by atoms with E-state index in [0.29, 0.717) is 6.04 Å². The molecule has 1 atom stereocenters. The number of aliphatic hydroxyl groups is 1. The zero-order chi connectivity index (χ0) is 13.3. The fraction of sp³-hybridized carbons (Fsp3) is 0.600. The van der Waals surface area contributed by atoms with Gasteiger partial charge in [-0.2, -0.15) is 0 Å². The van der Waals surface area contributed by atoms with Crippen molar-refractivity contribution in [3.8, 4) is 0 Å². The molecule has 2 nitrogen and oxygen atoms in total. The van der Waals surface area contributed by atoms with E-state index in [1.807, 2.05) is 18.2 Å². The highest BCUT2D eigenvalue weighted by Gasteiger charge is 2.26. The van der Waals surface area contributed by atoms with E-state index in [-0.39, 0.29) is 0 Å². The Morgan fingerprint density at radius 2 is 2.00 bits per heavy atom. The number of benzene rings is 1. The molecule has 1 aliphatic rings. The summed E-state index contributed by atoms with van der Waals surface area (Å²) < 4.78 is 0. The minimum Gasteiger partial charge on any atom is -0.389 e. The Labute approximate surface area is 115 Å². The van der Waals surface area contributed by atoms with Crippen LogP contribution in [0.4, 0.5) is 5.69 Å². The summed E-state index contributed by atoms with van der Waals surface area (Å²) in [6, 6.07) is 6.32. The molecule has 1 aromatic carbocycles. The maximum atomic E-state index is 9.57. The molecular weight excluding hydrogens is 246 g/mol. The third kappa shape index (κ3) is 3.18. The Kier molecular flexibility index (Phi) is 4.18. The molecule has 0 radical (unpaired) electrons. The molecule has 3 heteroatoms. The van der Waals surface area contributed by atoms with Crippen molar-refractivity contribution in [1.82, 2.24) is 0 Å². The van der Waals surface area contributed by atoms with E-state index >= 15 is 0 Å². The number of nitrogens with zero attached hydrogens (tertiary/aromatic N) is 1. The summed E-state index contributed by atoms with van der Waals surface area (Å²) in [7, 11) is 0.